The van der Waals surface area contributed by atoms with Crippen molar-refractivity contribution in [2.45, 2.75) is 0 Å². The summed E-state index contributed by atoms with van der Waals surface area (Å²) < 4.78 is 17.1. The van der Waals surface area contributed by atoms with Gasteiger partial charge in [-0.05, 0) is 0 Å². The van der Waals surface area contributed by atoms with Crippen LogP contribution in [0.25, 0.3) is 0 Å². The second-order valence-corrected chi connectivity index (χ2v) is 2.68. The van der Waals surface area contributed by atoms with Crippen LogP contribution in [-0.2, 0) is 26.2 Å². The molecular weight excluding hydrogens is 363 g/mol. The molecule has 8 nitrogen and oxygen atoms in total. The molecule has 0 aliphatic heterocycles. The first-order chi connectivity index (χ1) is 4.00. The van der Waals surface area contributed by atoms with Gasteiger partial charge in [0.25, 0.3) is 0 Å². The van der Waals surface area contributed by atoms with E-state index in [0.29, 0.717) is 0 Å². The monoisotopic (exact) mass is 363 g/mol. The Balaban J connectivity index is -0.0000000178. The summed E-state index contributed by atoms with van der Waals surface area (Å²) in [5, 5.41) is 0. The molecular formula is FeK3O8P2. The van der Waals surface area contributed by atoms with Crippen molar-refractivity contribution in [3.05, 3.63) is 0 Å². The van der Waals surface area contributed by atoms with E-state index in [4.69, 9.17) is 38.5 Å². The van der Waals surface area contributed by atoms with Gasteiger partial charge in [0.05, 0.1) is 0 Å². The Labute approximate surface area is 219 Å². The molecule has 69 valence electrons. The van der Waals surface area contributed by atoms with Gasteiger partial charge in [-0.25, -0.2) is 0 Å². The minimum absolute atomic E-state index is 0. The maximum atomic E-state index is 8.55. The fraction of sp³-hybridized carbons (Fsp3) is 0. The van der Waals surface area contributed by atoms with Crippen molar-refractivity contribution < 1.29 is 210 Å². The molecule has 0 aliphatic rings. The average molecular weight is 363 g/mol. The van der Waals surface area contributed by atoms with E-state index in [1.165, 1.54) is 0 Å². The first-order valence-corrected chi connectivity index (χ1v) is 4.38. The predicted molar refractivity (Wildman–Crippen MR) is 15.2 cm³/mol. The van der Waals surface area contributed by atoms with Crippen LogP contribution in [0, 0.1) is 0 Å². The van der Waals surface area contributed by atoms with Crippen molar-refractivity contribution in [3.8, 4) is 0 Å². The number of phosphoric acid groups is 2. The summed E-state index contributed by atoms with van der Waals surface area (Å²) >= 11 is 0. The van der Waals surface area contributed by atoms with Crippen LogP contribution in [0.1, 0.15) is 0 Å². The Kier molecular flexibility index (Phi) is 48.9. The van der Waals surface area contributed by atoms with E-state index in [9.17, 15) is 0 Å². The minimum Gasteiger partial charge on any atom is -0.822 e. The second kappa shape index (κ2) is 18.6. The van der Waals surface area contributed by atoms with Crippen molar-refractivity contribution in [3.63, 3.8) is 0 Å². The van der Waals surface area contributed by atoms with Crippen LogP contribution in [-0.4, -0.2) is 0 Å². The Morgan fingerprint density at radius 3 is 0.571 bits per heavy atom. The molecule has 0 aromatic heterocycles. The Morgan fingerprint density at radius 2 is 0.571 bits per heavy atom. The van der Waals surface area contributed by atoms with Gasteiger partial charge in [0.1, 0.15) is 0 Å². The van der Waals surface area contributed by atoms with Crippen LogP contribution in [0.5, 0.6) is 0 Å². The normalized spacial score (nSPS) is 8.43. The molecule has 0 amide bonds. The van der Waals surface area contributed by atoms with E-state index in [0.717, 1.165) is 0 Å². The number of rotatable bonds is 0. The van der Waals surface area contributed by atoms with Gasteiger partial charge in [-0.1, -0.05) is 0 Å². The predicted octanol–water partition coefficient (Wildman–Crippen LogP) is -14.6. The van der Waals surface area contributed by atoms with Gasteiger partial charge in [0, 0.05) is 0 Å². The van der Waals surface area contributed by atoms with Crippen LogP contribution in [0.15, 0.2) is 0 Å². The summed E-state index contributed by atoms with van der Waals surface area (Å²) in [6.45, 7) is 0. The molecule has 0 saturated carbocycles. The molecule has 0 heterocycles. The molecule has 0 aliphatic carbocycles. The van der Waals surface area contributed by atoms with Crippen LogP contribution in [0.4, 0.5) is 0 Å². The number of hydrogen-bond acceptors (Lipinski definition) is 8. The smallest absolute Gasteiger partial charge is 0.822 e. The van der Waals surface area contributed by atoms with Crippen molar-refractivity contribution >= 4 is 15.6 Å². The SMILES string of the molecule is O=P([O-])([O-])[O-].O=P([O-])([O-])[O-].[Fe+3].[K+].[K+].[K+]. The molecule has 14 heteroatoms. The molecule has 1 radical (unpaired) electrons. The van der Waals surface area contributed by atoms with E-state index in [2.05, 4.69) is 0 Å². The molecule has 0 rings (SSSR count). The van der Waals surface area contributed by atoms with Crippen molar-refractivity contribution in [1.82, 2.24) is 0 Å². The third kappa shape index (κ3) is 153. The summed E-state index contributed by atoms with van der Waals surface area (Å²) in [6.07, 6.45) is 0. The fourth-order valence-electron chi connectivity index (χ4n) is 0. The van der Waals surface area contributed by atoms with E-state index < -0.39 is 15.6 Å². The molecule has 0 fully saturated rings. The van der Waals surface area contributed by atoms with Crippen LogP contribution >= 0.6 is 15.6 Å². The van der Waals surface area contributed by atoms with Crippen LogP contribution < -0.4 is 184 Å². The third-order valence-electron chi connectivity index (χ3n) is 0. The van der Waals surface area contributed by atoms with Crippen LogP contribution in [0.2, 0.25) is 0 Å². The third-order valence-corrected chi connectivity index (χ3v) is 0. The number of hydrogen-bond donors (Lipinski definition) is 0. The maximum absolute atomic E-state index is 8.55. The van der Waals surface area contributed by atoms with E-state index in [1.54, 1.807) is 0 Å². The molecule has 0 saturated heterocycles. The van der Waals surface area contributed by atoms with Gasteiger partial charge < -0.3 is 38.5 Å². The molecule has 0 N–H and O–H groups in total. The molecule has 0 aromatic carbocycles. The zero-order valence-corrected chi connectivity index (χ0v) is 19.8. The van der Waals surface area contributed by atoms with Gasteiger partial charge in [-0.2, -0.15) is 15.6 Å². The fourth-order valence-corrected chi connectivity index (χ4v) is 0. The summed E-state index contributed by atoms with van der Waals surface area (Å²) in [5.74, 6) is 0. The van der Waals surface area contributed by atoms with Crippen molar-refractivity contribution in [2.24, 2.45) is 0 Å². The first-order valence-electron chi connectivity index (χ1n) is 1.46. The quantitative estimate of drug-likeness (QED) is 0.301. The topological polar surface area (TPSA) is 172 Å². The first kappa shape index (κ1) is 36.7. The van der Waals surface area contributed by atoms with Crippen molar-refractivity contribution in [1.29, 1.82) is 0 Å². The van der Waals surface area contributed by atoms with E-state index in [-0.39, 0.29) is 171 Å². The van der Waals surface area contributed by atoms with Gasteiger partial charge in [-0.15, -0.1) is 0 Å². The Bertz CT molecular complexity index is 135. The average Bonchev–Trinajstić information content (AvgIpc) is 1.12. The Hall–Kier alpha value is 5.65. The largest absolute Gasteiger partial charge is 3.00 e. The summed E-state index contributed by atoms with van der Waals surface area (Å²) in [4.78, 5) is 51.3. The van der Waals surface area contributed by atoms with Gasteiger partial charge in [0.2, 0.25) is 0 Å². The zero-order valence-electron chi connectivity index (χ0n) is 7.51. The van der Waals surface area contributed by atoms with E-state index in [1.807, 2.05) is 0 Å². The zero-order chi connectivity index (χ0) is 9.00. The van der Waals surface area contributed by atoms with Gasteiger partial charge in [0.15, 0.2) is 0 Å². The summed E-state index contributed by atoms with van der Waals surface area (Å²) in [7, 11) is -10.8. The molecule has 0 bridgehead atoms. The van der Waals surface area contributed by atoms with E-state index >= 15 is 0 Å². The molecule has 0 spiro atoms. The summed E-state index contributed by atoms with van der Waals surface area (Å²) in [6, 6.07) is 0. The maximum Gasteiger partial charge on any atom is 3.00 e. The van der Waals surface area contributed by atoms with Crippen molar-refractivity contribution in [2.75, 3.05) is 0 Å². The van der Waals surface area contributed by atoms with Gasteiger partial charge in [-0.3, -0.25) is 0 Å². The van der Waals surface area contributed by atoms with Crippen LogP contribution in [0.3, 0.4) is 0 Å². The molecule has 0 aromatic rings. The minimum atomic E-state index is -5.39. The molecule has 0 atom stereocenters. The Morgan fingerprint density at radius 1 is 0.571 bits per heavy atom. The second-order valence-electron chi connectivity index (χ2n) is 0.894. The summed E-state index contributed by atoms with van der Waals surface area (Å²) in [5.41, 5.74) is 0. The molecule has 14 heavy (non-hydrogen) atoms. The van der Waals surface area contributed by atoms with Gasteiger partial charge >= 0.3 is 171 Å². The standard InChI is InChI=1S/Fe.3K.2H3O4P/c;;;;2*1-5(2,3)4/h;;;;2*(H3,1,2,3,4)/q+3;3*+1;;/p-6. The molecule has 0 unspecified atom stereocenters.